The molecule has 5 nitrogen and oxygen atoms in total. The van der Waals surface area contributed by atoms with Gasteiger partial charge < -0.3 is 10.3 Å². The van der Waals surface area contributed by atoms with E-state index >= 15 is 0 Å². The van der Waals surface area contributed by atoms with Crippen LogP contribution in [-0.2, 0) is 6.54 Å². The standard InChI is InChI=1S/C8H7N3O2/c9-2-4-11-3-1-6(8(10)13)5-7(11)12/h1,3,5H,4H2,(H2,10,13). The Morgan fingerprint density at radius 2 is 2.38 bits per heavy atom. The number of carbonyl (C=O) groups is 1. The van der Waals surface area contributed by atoms with Crippen LogP contribution >= 0.6 is 0 Å². The van der Waals surface area contributed by atoms with Crippen molar-refractivity contribution in [3.8, 4) is 6.07 Å². The maximum Gasteiger partial charge on any atom is 0.252 e. The van der Waals surface area contributed by atoms with Crippen molar-refractivity contribution >= 4 is 5.91 Å². The Hall–Kier alpha value is -2.09. The Kier molecular flexibility index (Phi) is 2.45. The average molecular weight is 177 g/mol. The molecule has 0 aliphatic heterocycles. The van der Waals surface area contributed by atoms with Gasteiger partial charge in [0.2, 0.25) is 5.91 Å². The molecule has 0 bridgehead atoms. The first kappa shape index (κ1) is 9.00. The number of primary amides is 1. The van der Waals surface area contributed by atoms with Crippen molar-refractivity contribution in [2.75, 3.05) is 0 Å². The molecule has 1 amide bonds. The Balaban J connectivity index is 3.15. The van der Waals surface area contributed by atoms with Crippen molar-refractivity contribution < 1.29 is 4.79 Å². The molecule has 0 saturated carbocycles. The van der Waals surface area contributed by atoms with E-state index in [1.807, 2.05) is 6.07 Å². The second kappa shape index (κ2) is 3.54. The lowest BCUT2D eigenvalue weighted by molar-refractivity contribution is 0.1000. The van der Waals surface area contributed by atoms with Crippen molar-refractivity contribution in [2.45, 2.75) is 6.54 Å². The normalized spacial score (nSPS) is 9.15. The van der Waals surface area contributed by atoms with Crippen LogP contribution in [0.2, 0.25) is 0 Å². The zero-order chi connectivity index (χ0) is 9.84. The van der Waals surface area contributed by atoms with E-state index in [0.29, 0.717) is 0 Å². The largest absolute Gasteiger partial charge is 0.366 e. The maximum absolute atomic E-state index is 11.1. The molecular formula is C8H7N3O2. The minimum absolute atomic E-state index is 0.0299. The Bertz CT molecular complexity index is 428. The number of nitriles is 1. The van der Waals surface area contributed by atoms with Gasteiger partial charge >= 0.3 is 0 Å². The number of aromatic nitrogens is 1. The van der Waals surface area contributed by atoms with Crippen LogP contribution in [0.15, 0.2) is 23.1 Å². The third-order valence-electron chi connectivity index (χ3n) is 1.52. The summed E-state index contributed by atoms with van der Waals surface area (Å²) in [6.07, 6.45) is 1.37. The van der Waals surface area contributed by atoms with E-state index < -0.39 is 11.5 Å². The van der Waals surface area contributed by atoms with Crippen LogP contribution in [0.4, 0.5) is 0 Å². The highest BCUT2D eigenvalue weighted by Crippen LogP contribution is 1.92. The van der Waals surface area contributed by atoms with Crippen LogP contribution in [0.1, 0.15) is 10.4 Å². The van der Waals surface area contributed by atoms with Gasteiger partial charge in [-0.15, -0.1) is 0 Å². The van der Waals surface area contributed by atoms with Crippen molar-refractivity contribution in [2.24, 2.45) is 5.73 Å². The predicted octanol–water partition coefficient (Wildman–Crippen LogP) is -0.529. The first-order valence-electron chi connectivity index (χ1n) is 3.52. The van der Waals surface area contributed by atoms with E-state index in [2.05, 4.69) is 0 Å². The molecule has 0 radical (unpaired) electrons. The van der Waals surface area contributed by atoms with Crippen LogP contribution in [0.5, 0.6) is 0 Å². The van der Waals surface area contributed by atoms with Crippen molar-refractivity contribution in [3.63, 3.8) is 0 Å². The molecule has 13 heavy (non-hydrogen) atoms. The monoisotopic (exact) mass is 177 g/mol. The molecule has 0 unspecified atom stereocenters. The van der Waals surface area contributed by atoms with Crippen LogP contribution < -0.4 is 11.3 Å². The molecule has 0 atom stereocenters. The fraction of sp³-hybridized carbons (Fsp3) is 0.125. The van der Waals surface area contributed by atoms with Gasteiger partial charge in [-0.3, -0.25) is 9.59 Å². The van der Waals surface area contributed by atoms with Crippen LogP contribution in [0, 0.1) is 11.3 Å². The van der Waals surface area contributed by atoms with Crippen molar-refractivity contribution in [3.05, 3.63) is 34.2 Å². The summed E-state index contributed by atoms with van der Waals surface area (Å²) in [4.78, 5) is 21.8. The van der Waals surface area contributed by atoms with Gasteiger partial charge in [0.05, 0.1) is 6.07 Å². The third kappa shape index (κ3) is 1.93. The predicted molar refractivity (Wildman–Crippen MR) is 44.8 cm³/mol. The fourth-order valence-electron chi connectivity index (χ4n) is 0.868. The quantitative estimate of drug-likeness (QED) is 0.658. The fourth-order valence-corrected chi connectivity index (χ4v) is 0.868. The number of nitrogens with zero attached hydrogens (tertiary/aromatic N) is 2. The van der Waals surface area contributed by atoms with Gasteiger partial charge in [-0.25, -0.2) is 0 Å². The highest BCUT2D eigenvalue weighted by atomic mass is 16.1. The summed E-state index contributed by atoms with van der Waals surface area (Å²) in [5.41, 5.74) is 4.70. The number of hydrogen-bond acceptors (Lipinski definition) is 3. The minimum atomic E-state index is -0.652. The number of rotatable bonds is 2. The Labute approximate surface area is 74.0 Å². The van der Waals surface area contributed by atoms with Gasteiger partial charge in [-0.05, 0) is 6.07 Å². The second-order valence-electron chi connectivity index (χ2n) is 2.40. The molecule has 2 N–H and O–H groups in total. The van der Waals surface area contributed by atoms with E-state index in [9.17, 15) is 9.59 Å². The molecule has 66 valence electrons. The highest BCUT2D eigenvalue weighted by Gasteiger charge is 2.01. The van der Waals surface area contributed by atoms with Gasteiger partial charge in [-0.1, -0.05) is 0 Å². The van der Waals surface area contributed by atoms with Crippen LogP contribution in [0.3, 0.4) is 0 Å². The number of nitrogens with two attached hydrogens (primary N) is 1. The van der Waals surface area contributed by atoms with Crippen LogP contribution in [-0.4, -0.2) is 10.5 Å². The van der Waals surface area contributed by atoms with Gasteiger partial charge in [-0.2, -0.15) is 5.26 Å². The minimum Gasteiger partial charge on any atom is -0.366 e. The van der Waals surface area contributed by atoms with Gasteiger partial charge in [0.25, 0.3) is 5.56 Å². The molecule has 5 heteroatoms. The first-order chi connectivity index (χ1) is 6.15. The molecule has 0 fully saturated rings. The zero-order valence-electron chi connectivity index (χ0n) is 6.73. The summed E-state index contributed by atoms with van der Waals surface area (Å²) < 4.78 is 1.19. The summed E-state index contributed by atoms with van der Waals surface area (Å²) in [5, 5.41) is 8.32. The molecular weight excluding hydrogens is 170 g/mol. The topological polar surface area (TPSA) is 88.9 Å². The molecule has 0 aliphatic rings. The summed E-state index contributed by atoms with van der Waals surface area (Å²) >= 11 is 0. The van der Waals surface area contributed by atoms with Crippen molar-refractivity contribution in [1.29, 1.82) is 5.26 Å². The molecule has 1 aromatic heterocycles. The van der Waals surface area contributed by atoms with Gasteiger partial charge in [0, 0.05) is 17.8 Å². The Morgan fingerprint density at radius 3 is 2.85 bits per heavy atom. The molecule has 1 heterocycles. The number of amides is 1. The maximum atomic E-state index is 11.1. The summed E-state index contributed by atoms with van der Waals surface area (Å²) in [7, 11) is 0. The number of carbonyl (C=O) groups excluding carboxylic acids is 1. The summed E-state index contributed by atoms with van der Waals surface area (Å²) in [5.74, 6) is -0.652. The van der Waals surface area contributed by atoms with E-state index in [4.69, 9.17) is 11.0 Å². The van der Waals surface area contributed by atoms with E-state index in [1.54, 1.807) is 0 Å². The first-order valence-corrected chi connectivity index (χ1v) is 3.52. The third-order valence-corrected chi connectivity index (χ3v) is 1.52. The molecule has 0 spiro atoms. The SMILES string of the molecule is N#CCn1ccc(C(N)=O)cc1=O. The molecule has 0 saturated heterocycles. The van der Waals surface area contributed by atoms with E-state index in [1.165, 1.54) is 16.8 Å². The summed E-state index contributed by atoms with van der Waals surface area (Å²) in [6.45, 7) is -0.0299. The average Bonchev–Trinajstić information content (AvgIpc) is 2.08. The van der Waals surface area contributed by atoms with Crippen molar-refractivity contribution in [1.82, 2.24) is 4.57 Å². The van der Waals surface area contributed by atoms with E-state index in [0.717, 1.165) is 6.07 Å². The second-order valence-corrected chi connectivity index (χ2v) is 2.40. The molecule has 1 aromatic rings. The number of pyridine rings is 1. The number of hydrogen-bond donors (Lipinski definition) is 1. The highest BCUT2D eigenvalue weighted by molar-refractivity contribution is 5.92. The van der Waals surface area contributed by atoms with Gasteiger partial charge in [0.1, 0.15) is 6.54 Å². The molecule has 0 aliphatic carbocycles. The zero-order valence-corrected chi connectivity index (χ0v) is 6.73. The smallest absolute Gasteiger partial charge is 0.252 e. The molecule has 1 rings (SSSR count). The lowest BCUT2D eigenvalue weighted by Gasteiger charge is -1.99. The lowest BCUT2D eigenvalue weighted by atomic mass is 10.2. The van der Waals surface area contributed by atoms with Crippen LogP contribution in [0.25, 0.3) is 0 Å². The van der Waals surface area contributed by atoms with Gasteiger partial charge in [0.15, 0.2) is 0 Å². The lowest BCUT2D eigenvalue weighted by Crippen LogP contribution is -2.21. The molecule has 0 aromatic carbocycles. The Morgan fingerprint density at radius 1 is 1.69 bits per heavy atom. The van der Waals surface area contributed by atoms with E-state index in [-0.39, 0.29) is 12.1 Å². The summed E-state index contributed by atoms with van der Waals surface area (Å²) in [6, 6.07) is 4.33.